The van der Waals surface area contributed by atoms with E-state index in [4.69, 9.17) is 23.2 Å². The quantitative estimate of drug-likeness (QED) is 0.581. The first kappa shape index (κ1) is 13.1. The SMILES string of the molecule is O=c1cc(CCl)[nH]c2c1ccc1nc(CCl)cc(=O)n12. The Morgan fingerprint density at radius 3 is 2.65 bits per heavy atom. The predicted molar refractivity (Wildman–Crippen MR) is 78.7 cm³/mol. The number of H-pyrrole nitrogens is 1. The van der Waals surface area contributed by atoms with Gasteiger partial charge in [-0.1, -0.05) is 0 Å². The normalized spacial score (nSPS) is 11.3. The summed E-state index contributed by atoms with van der Waals surface area (Å²) >= 11 is 11.5. The van der Waals surface area contributed by atoms with Crippen molar-refractivity contribution in [2.75, 3.05) is 0 Å². The summed E-state index contributed by atoms with van der Waals surface area (Å²) < 4.78 is 1.35. The predicted octanol–water partition coefficient (Wildman–Crippen LogP) is 2.01. The number of hydrogen-bond acceptors (Lipinski definition) is 3. The first-order valence-electron chi connectivity index (χ1n) is 5.83. The Bertz CT molecular complexity index is 930. The molecule has 0 spiro atoms. The number of aromatic amines is 1. The Kier molecular flexibility index (Phi) is 3.23. The van der Waals surface area contributed by atoms with Crippen LogP contribution in [0.5, 0.6) is 0 Å². The maximum absolute atomic E-state index is 12.2. The number of nitrogens with zero attached hydrogens (tertiary/aromatic N) is 2. The van der Waals surface area contributed by atoms with E-state index in [2.05, 4.69) is 9.97 Å². The summed E-state index contributed by atoms with van der Waals surface area (Å²) in [5.41, 5.74) is 1.38. The highest BCUT2D eigenvalue weighted by Gasteiger charge is 2.09. The standard InChI is InChI=1S/C13H9Cl2N3O2/c14-5-7-3-10(19)9-1-2-11-16-8(6-15)4-12(20)18(11)13(9)17-7/h1-4H,5-6H2,(H,17,19). The molecule has 0 saturated carbocycles. The van der Waals surface area contributed by atoms with E-state index in [-0.39, 0.29) is 22.7 Å². The van der Waals surface area contributed by atoms with E-state index in [0.717, 1.165) is 0 Å². The summed E-state index contributed by atoms with van der Waals surface area (Å²) in [6.45, 7) is 0. The Hall–Kier alpha value is -1.85. The number of pyridine rings is 2. The van der Waals surface area contributed by atoms with Crippen LogP contribution in [0, 0.1) is 0 Å². The molecule has 0 saturated heterocycles. The molecule has 0 unspecified atom stereocenters. The Morgan fingerprint density at radius 2 is 1.95 bits per heavy atom. The fraction of sp³-hybridized carbons (Fsp3) is 0.154. The molecule has 102 valence electrons. The molecule has 5 nitrogen and oxygen atoms in total. The van der Waals surface area contributed by atoms with Crippen molar-refractivity contribution in [1.82, 2.24) is 14.4 Å². The molecule has 3 aromatic heterocycles. The minimum Gasteiger partial charge on any atom is -0.343 e. The van der Waals surface area contributed by atoms with Crippen LogP contribution in [-0.4, -0.2) is 14.4 Å². The number of hydrogen-bond donors (Lipinski definition) is 1. The third-order valence-corrected chi connectivity index (χ3v) is 3.57. The molecule has 0 radical (unpaired) electrons. The second-order valence-corrected chi connectivity index (χ2v) is 4.84. The topological polar surface area (TPSA) is 67.2 Å². The molecular weight excluding hydrogens is 301 g/mol. The second-order valence-electron chi connectivity index (χ2n) is 4.30. The van der Waals surface area contributed by atoms with Crippen LogP contribution in [0.25, 0.3) is 16.7 Å². The fourth-order valence-corrected chi connectivity index (χ4v) is 2.41. The van der Waals surface area contributed by atoms with Gasteiger partial charge in [0.2, 0.25) is 0 Å². The lowest BCUT2D eigenvalue weighted by Crippen LogP contribution is -2.19. The summed E-state index contributed by atoms with van der Waals surface area (Å²) in [6.07, 6.45) is 0. The van der Waals surface area contributed by atoms with Crippen LogP contribution in [0.3, 0.4) is 0 Å². The van der Waals surface area contributed by atoms with Gasteiger partial charge in [-0.25, -0.2) is 9.38 Å². The monoisotopic (exact) mass is 309 g/mol. The Balaban J connectivity index is 2.55. The van der Waals surface area contributed by atoms with E-state index < -0.39 is 0 Å². The molecule has 0 atom stereocenters. The zero-order valence-corrected chi connectivity index (χ0v) is 11.7. The average Bonchev–Trinajstić information content (AvgIpc) is 2.45. The Morgan fingerprint density at radius 1 is 1.15 bits per heavy atom. The minimum atomic E-state index is -0.293. The first-order chi connectivity index (χ1) is 9.63. The van der Waals surface area contributed by atoms with Crippen molar-refractivity contribution in [2.45, 2.75) is 11.8 Å². The number of fused-ring (bicyclic) bond motifs is 3. The van der Waals surface area contributed by atoms with Gasteiger partial charge in [-0.15, -0.1) is 23.2 Å². The van der Waals surface area contributed by atoms with E-state index in [0.29, 0.717) is 28.1 Å². The highest BCUT2D eigenvalue weighted by molar-refractivity contribution is 6.17. The summed E-state index contributed by atoms with van der Waals surface area (Å²) in [4.78, 5) is 31.5. The molecule has 20 heavy (non-hydrogen) atoms. The maximum Gasteiger partial charge on any atom is 0.259 e. The fourth-order valence-electron chi connectivity index (χ4n) is 2.13. The summed E-state index contributed by atoms with van der Waals surface area (Å²) in [6, 6.07) is 6.03. The molecule has 3 aromatic rings. The van der Waals surface area contributed by atoms with Crippen molar-refractivity contribution in [3.8, 4) is 0 Å². The van der Waals surface area contributed by atoms with Crippen molar-refractivity contribution in [3.05, 3.63) is 56.2 Å². The van der Waals surface area contributed by atoms with Crippen LogP contribution >= 0.6 is 23.2 Å². The zero-order valence-electron chi connectivity index (χ0n) is 10.2. The molecule has 3 heterocycles. The molecule has 0 fully saturated rings. The molecule has 0 aromatic carbocycles. The van der Waals surface area contributed by atoms with Gasteiger partial charge in [0.25, 0.3) is 5.56 Å². The van der Waals surface area contributed by atoms with Gasteiger partial charge in [0.1, 0.15) is 11.3 Å². The van der Waals surface area contributed by atoms with Crippen LogP contribution in [0.4, 0.5) is 0 Å². The van der Waals surface area contributed by atoms with Crippen LogP contribution in [0.1, 0.15) is 11.4 Å². The number of halogens is 2. The molecule has 0 aliphatic carbocycles. The van der Waals surface area contributed by atoms with Gasteiger partial charge < -0.3 is 4.98 Å². The lowest BCUT2D eigenvalue weighted by molar-refractivity contribution is 1.01. The van der Waals surface area contributed by atoms with Crippen molar-refractivity contribution in [1.29, 1.82) is 0 Å². The van der Waals surface area contributed by atoms with E-state index in [1.807, 2.05) is 0 Å². The van der Waals surface area contributed by atoms with E-state index >= 15 is 0 Å². The summed E-state index contributed by atoms with van der Waals surface area (Å²) in [7, 11) is 0. The highest BCUT2D eigenvalue weighted by Crippen LogP contribution is 2.11. The van der Waals surface area contributed by atoms with Gasteiger partial charge in [-0.3, -0.25) is 9.59 Å². The number of alkyl halides is 2. The number of rotatable bonds is 2. The van der Waals surface area contributed by atoms with Crippen LogP contribution in [0.15, 0.2) is 33.9 Å². The van der Waals surface area contributed by atoms with Crippen molar-refractivity contribution in [2.24, 2.45) is 0 Å². The van der Waals surface area contributed by atoms with Gasteiger partial charge in [-0.2, -0.15) is 0 Å². The van der Waals surface area contributed by atoms with Gasteiger partial charge in [0.15, 0.2) is 5.43 Å². The Labute approximate surface area is 122 Å². The van der Waals surface area contributed by atoms with Crippen LogP contribution in [-0.2, 0) is 11.8 Å². The molecule has 0 aliphatic rings. The number of nitrogens with one attached hydrogen (secondary N) is 1. The van der Waals surface area contributed by atoms with Crippen molar-refractivity contribution in [3.63, 3.8) is 0 Å². The average molecular weight is 310 g/mol. The third kappa shape index (κ3) is 1.99. The third-order valence-electron chi connectivity index (χ3n) is 3.01. The van der Waals surface area contributed by atoms with Crippen molar-refractivity contribution >= 4 is 39.9 Å². The van der Waals surface area contributed by atoms with E-state index in [9.17, 15) is 9.59 Å². The molecule has 7 heteroatoms. The first-order valence-corrected chi connectivity index (χ1v) is 6.90. The van der Waals surface area contributed by atoms with Gasteiger partial charge >= 0.3 is 0 Å². The molecule has 0 amide bonds. The minimum absolute atomic E-state index is 0.155. The summed E-state index contributed by atoms with van der Waals surface area (Å²) in [5, 5.41) is 0.411. The highest BCUT2D eigenvalue weighted by atomic mass is 35.5. The van der Waals surface area contributed by atoms with E-state index in [1.165, 1.54) is 16.5 Å². The van der Waals surface area contributed by atoms with Gasteiger partial charge in [0, 0.05) is 17.8 Å². The van der Waals surface area contributed by atoms with E-state index in [1.54, 1.807) is 12.1 Å². The zero-order chi connectivity index (χ0) is 14.3. The molecule has 0 aliphatic heterocycles. The van der Waals surface area contributed by atoms with Gasteiger partial charge in [0.05, 0.1) is 22.8 Å². The smallest absolute Gasteiger partial charge is 0.259 e. The molecule has 0 bridgehead atoms. The molecular formula is C13H9Cl2N3O2. The van der Waals surface area contributed by atoms with Gasteiger partial charge in [-0.05, 0) is 12.1 Å². The number of aromatic nitrogens is 3. The van der Waals surface area contributed by atoms with Crippen LogP contribution < -0.4 is 11.0 Å². The lowest BCUT2D eigenvalue weighted by Gasteiger charge is -2.07. The molecule has 1 N–H and O–H groups in total. The largest absolute Gasteiger partial charge is 0.343 e. The van der Waals surface area contributed by atoms with Crippen molar-refractivity contribution < 1.29 is 0 Å². The van der Waals surface area contributed by atoms with Crippen LogP contribution in [0.2, 0.25) is 0 Å². The second kappa shape index (κ2) is 4.92. The lowest BCUT2D eigenvalue weighted by atomic mass is 10.2. The molecule has 3 rings (SSSR count). The maximum atomic E-state index is 12.2. The summed E-state index contributed by atoms with van der Waals surface area (Å²) in [5.74, 6) is 0.311.